The van der Waals surface area contributed by atoms with E-state index in [1.807, 2.05) is 0 Å². The minimum Gasteiger partial charge on any atom is -0.330 e. The summed E-state index contributed by atoms with van der Waals surface area (Å²) in [4.78, 5) is 0. The Morgan fingerprint density at radius 1 is 1.18 bits per heavy atom. The van der Waals surface area contributed by atoms with Crippen molar-refractivity contribution in [2.75, 3.05) is 6.54 Å². The maximum Gasteiger partial charge on any atom is 0.0104 e. The van der Waals surface area contributed by atoms with Crippen molar-refractivity contribution in [2.24, 2.45) is 11.7 Å². The van der Waals surface area contributed by atoms with Gasteiger partial charge in [-0.15, -0.1) is 0 Å². The molecule has 1 fully saturated rings. The van der Waals surface area contributed by atoms with Crippen LogP contribution in [0.1, 0.15) is 24.5 Å². The average molecular weight is 225 g/mol. The summed E-state index contributed by atoms with van der Waals surface area (Å²) in [6.45, 7) is 5.20. The first-order valence-electron chi connectivity index (χ1n) is 6.37. The van der Waals surface area contributed by atoms with Gasteiger partial charge in [-0.05, 0) is 35.6 Å². The van der Waals surface area contributed by atoms with Gasteiger partial charge in [-0.3, -0.25) is 0 Å². The molecule has 1 aliphatic carbocycles. The summed E-state index contributed by atoms with van der Waals surface area (Å²) in [7, 11) is 0. The highest BCUT2D eigenvalue weighted by atomic mass is 14.7. The van der Waals surface area contributed by atoms with Gasteiger partial charge in [0.2, 0.25) is 0 Å². The molecule has 2 atom stereocenters. The fraction of sp³-hybridized carbons (Fsp3) is 0.375. The van der Waals surface area contributed by atoms with E-state index < -0.39 is 0 Å². The molecule has 0 aliphatic heterocycles. The summed E-state index contributed by atoms with van der Waals surface area (Å²) < 4.78 is 0. The van der Waals surface area contributed by atoms with Gasteiger partial charge in [-0.1, -0.05) is 48.9 Å². The zero-order valence-corrected chi connectivity index (χ0v) is 10.5. The predicted molar refractivity (Wildman–Crippen MR) is 73.2 cm³/mol. The van der Waals surface area contributed by atoms with Crippen molar-refractivity contribution in [2.45, 2.75) is 25.7 Å². The largest absolute Gasteiger partial charge is 0.330 e. The van der Waals surface area contributed by atoms with Gasteiger partial charge in [0.05, 0.1) is 0 Å². The molecule has 88 valence electrons. The molecule has 3 rings (SSSR count). The Bertz CT molecular complexity index is 569. The molecular formula is C16H19N. The Morgan fingerprint density at radius 2 is 1.82 bits per heavy atom. The first kappa shape index (κ1) is 10.8. The molecule has 2 N–H and O–H groups in total. The lowest BCUT2D eigenvalue weighted by Gasteiger charge is -2.15. The lowest BCUT2D eigenvalue weighted by atomic mass is 9.91. The van der Waals surface area contributed by atoms with Crippen LogP contribution in [0.4, 0.5) is 0 Å². The molecule has 1 aliphatic rings. The first-order valence-corrected chi connectivity index (χ1v) is 6.37. The van der Waals surface area contributed by atoms with Crippen molar-refractivity contribution in [3.63, 3.8) is 0 Å². The van der Waals surface area contributed by atoms with Gasteiger partial charge in [-0.25, -0.2) is 0 Å². The number of aryl methyl sites for hydroxylation is 1. The number of benzene rings is 2. The minimum atomic E-state index is 0.263. The van der Waals surface area contributed by atoms with Crippen molar-refractivity contribution in [1.29, 1.82) is 0 Å². The van der Waals surface area contributed by atoms with Crippen LogP contribution in [0.15, 0.2) is 36.4 Å². The Morgan fingerprint density at radius 3 is 2.47 bits per heavy atom. The van der Waals surface area contributed by atoms with Crippen LogP contribution in [0.2, 0.25) is 0 Å². The van der Waals surface area contributed by atoms with Crippen molar-refractivity contribution < 1.29 is 0 Å². The second kappa shape index (κ2) is 3.58. The van der Waals surface area contributed by atoms with Crippen LogP contribution >= 0.6 is 0 Å². The van der Waals surface area contributed by atoms with Crippen molar-refractivity contribution in [3.8, 4) is 0 Å². The van der Waals surface area contributed by atoms with Crippen molar-refractivity contribution in [1.82, 2.24) is 0 Å². The quantitative estimate of drug-likeness (QED) is 0.833. The Hall–Kier alpha value is -1.34. The van der Waals surface area contributed by atoms with E-state index >= 15 is 0 Å². The topological polar surface area (TPSA) is 26.0 Å². The molecule has 2 unspecified atom stereocenters. The van der Waals surface area contributed by atoms with E-state index in [4.69, 9.17) is 5.73 Å². The second-order valence-corrected chi connectivity index (χ2v) is 5.53. The Balaban J connectivity index is 2.11. The molecule has 0 radical (unpaired) electrons. The molecule has 0 aromatic heterocycles. The van der Waals surface area contributed by atoms with Crippen LogP contribution in [0.25, 0.3) is 10.8 Å². The van der Waals surface area contributed by atoms with Gasteiger partial charge >= 0.3 is 0 Å². The van der Waals surface area contributed by atoms with Crippen LogP contribution in [0.5, 0.6) is 0 Å². The number of nitrogens with two attached hydrogens (primary N) is 1. The molecule has 2 aromatic carbocycles. The molecule has 17 heavy (non-hydrogen) atoms. The highest BCUT2D eigenvalue weighted by Crippen LogP contribution is 2.53. The van der Waals surface area contributed by atoms with Crippen LogP contribution in [0, 0.1) is 12.8 Å². The van der Waals surface area contributed by atoms with Gasteiger partial charge in [-0.2, -0.15) is 0 Å². The van der Waals surface area contributed by atoms with E-state index in [0.717, 1.165) is 12.5 Å². The van der Waals surface area contributed by atoms with E-state index in [1.54, 1.807) is 0 Å². The predicted octanol–water partition coefficient (Wildman–Crippen LogP) is 3.38. The number of hydrogen-bond donors (Lipinski definition) is 1. The van der Waals surface area contributed by atoms with Gasteiger partial charge in [0, 0.05) is 12.0 Å². The molecule has 0 bridgehead atoms. The SMILES string of the molecule is Cc1ccc2cc(C3(CN)CC3C)ccc2c1. The third kappa shape index (κ3) is 1.57. The standard InChI is InChI=1S/C16H19N/c1-11-3-4-14-8-15(6-5-13(14)7-11)16(10-17)9-12(16)2/h3-8,12H,9-10,17H2,1-2H3. The molecule has 1 nitrogen and oxygen atoms in total. The second-order valence-electron chi connectivity index (χ2n) is 5.53. The number of hydrogen-bond acceptors (Lipinski definition) is 1. The summed E-state index contributed by atoms with van der Waals surface area (Å²) in [5.74, 6) is 0.732. The molecule has 1 saturated carbocycles. The zero-order chi connectivity index (χ0) is 12.0. The molecule has 0 amide bonds. The maximum atomic E-state index is 5.96. The van der Waals surface area contributed by atoms with Gasteiger partial charge in [0.15, 0.2) is 0 Å². The van der Waals surface area contributed by atoms with Crippen LogP contribution in [-0.2, 0) is 5.41 Å². The van der Waals surface area contributed by atoms with Crippen LogP contribution in [-0.4, -0.2) is 6.54 Å². The molecular weight excluding hydrogens is 206 g/mol. The van der Waals surface area contributed by atoms with E-state index in [2.05, 4.69) is 50.2 Å². The zero-order valence-electron chi connectivity index (χ0n) is 10.5. The van der Waals surface area contributed by atoms with Gasteiger partial charge in [0.25, 0.3) is 0 Å². The Kier molecular flexibility index (Phi) is 2.27. The fourth-order valence-corrected chi connectivity index (χ4v) is 2.97. The fourth-order valence-electron chi connectivity index (χ4n) is 2.97. The summed E-state index contributed by atoms with van der Waals surface area (Å²) in [6.07, 6.45) is 1.24. The number of fused-ring (bicyclic) bond motifs is 1. The van der Waals surface area contributed by atoms with E-state index in [1.165, 1.54) is 28.3 Å². The summed E-state index contributed by atoms with van der Waals surface area (Å²) in [6, 6.07) is 13.5. The summed E-state index contributed by atoms with van der Waals surface area (Å²) in [5, 5.41) is 2.66. The van der Waals surface area contributed by atoms with E-state index in [9.17, 15) is 0 Å². The van der Waals surface area contributed by atoms with Crippen molar-refractivity contribution >= 4 is 10.8 Å². The van der Waals surface area contributed by atoms with Crippen LogP contribution < -0.4 is 5.73 Å². The van der Waals surface area contributed by atoms with E-state index in [0.29, 0.717) is 0 Å². The lowest BCUT2D eigenvalue weighted by molar-refractivity contribution is 0.642. The van der Waals surface area contributed by atoms with Gasteiger partial charge < -0.3 is 5.73 Å². The summed E-state index contributed by atoms with van der Waals surface area (Å²) >= 11 is 0. The van der Waals surface area contributed by atoms with Crippen LogP contribution in [0.3, 0.4) is 0 Å². The minimum absolute atomic E-state index is 0.263. The van der Waals surface area contributed by atoms with Crippen molar-refractivity contribution in [3.05, 3.63) is 47.5 Å². The Labute approximate surface area is 103 Å². The molecule has 0 heterocycles. The highest BCUT2D eigenvalue weighted by molar-refractivity contribution is 5.84. The monoisotopic (exact) mass is 225 g/mol. The molecule has 1 heteroatoms. The first-order chi connectivity index (χ1) is 8.15. The highest BCUT2D eigenvalue weighted by Gasteiger charge is 2.50. The van der Waals surface area contributed by atoms with Gasteiger partial charge in [0.1, 0.15) is 0 Å². The smallest absolute Gasteiger partial charge is 0.0104 e. The molecule has 0 saturated heterocycles. The number of rotatable bonds is 2. The normalized spacial score (nSPS) is 27.4. The third-order valence-electron chi connectivity index (χ3n) is 4.39. The third-order valence-corrected chi connectivity index (χ3v) is 4.39. The van der Waals surface area contributed by atoms with E-state index in [-0.39, 0.29) is 5.41 Å². The molecule has 2 aromatic rings. The summed E-state index contributed by atoms with van der Waals surface area (Å²) in [5.41, 5.74) is 8.96. The lowest BCUT2D eigenvalue weighted by Crippen LogP contribution is -2.21. The average Bonchev–Trinajstić information content (AvgIpc) is 3.01. The molecule has 0 spiro atoms. The maximum absolute atomic E-state index is 5.96.